The summed E-state index contributed by atoms with van der Waals surface area (Å²) in [5, 5.41) is 30.2. The van der Waals surface area contributed by atoms with Crippen LogP contribution in [-0.4, -0.2) is 45.2 Å². The molecule has 0 aliphatic heterocycles. The minimum atomic E-state index is -1.73. The number of ketones is 2. The van der Waals surface area contributed by atoms with Crippen LogP contribution in [0.2, 0.25) is 0 Å². The van der Waals surface area contributed by atoms with E-state index in [-0.39, 0.29) is 12.8 Å². The predicted molar refractivity (Wildman–Crippen MR) is 132 cm³/mol. The number of carbonyl (C=O) groups is 2. The van der Waals surface area contributed by atoms with Crippen LogP contribution in [0, 0.1) is 0 Å². The summed E-state index contributed by atoms with van der Waals surface area (Å²) in [4.78, 5) is 24.2. The van der Waals surface area contributed by atoms with Gasteiger partial charge in [-0.3, -0.25) is 9.59 Å². The van der Waals surface area contributed by atoms with Crippen molar-refractivity contribution in [2.45, 2.75) is 161 Å². The Morgan fingerprint density at radius 2 is 0.719 bits per heavy atom. The molecule has 0 fully saturated rings. The molecular formula is C27H52O5. The molecule has 0 aromatic heterocycles. The molecule has 190 valence electrons. The summed E-state index contributed by atoms with van der Waals surface area (Å²) in [5.41, 5.74) is 0. The highest BCUT2D eigenvalue weighted by Crippen LogP contribution is 2.15. The molecule has 0 aromatic rings. The van der Waals surface area contributed by atoms with E-state index in [9.17, 15) is 24.9 Å². The smallest absolute Gasteiger partial charge is 0.164 e. The van der Waals surface area contributed by atoms with Gasteiger partial charge in [-0.1, -0.05) is 117 Å². The number of unbranched alkanes of at least 4 members (excludes halogenated alkanes) is 16. The van der Waals surface area contributed by atoms with Gasteiger partial charge in [-0.25, -0.2) is 0 Å². The molecule has 0 radical (unpaired) electrons. The minimum absolute atomic E-state index is 0.174. The number of hydrogen-bond acceptors (Lipinski definition) is 5. The lowest BCUT2D eigenvalue weighted by atomic mass is 9.95. The third-order valence-electron chi connectivity index (χ3n) is 6.36. The monoisotopic (exact) mass is 456 g/mol. The average Bonchev–Trinajstić information content (AvgIpc) is 2.80. The van der Waals surface area contributed by atoms with Gasteiger partial charge in [-0.2, -0.15) is 0 Å². The minimum Gasteiger partial charge on any atom is -0.387 e. The lowest BCUT2D eigenvalue weighted by molar-refractivity contribution is -0.146. The zero-order valence-corrected chi connectivity index (χ0v) is 21.0. The normalized spacial score (nSPS) is 14.3. The highest BCUT2D eigenvalue weighted by atomic mass is 16.4. The number of hydrogen-bond donors (Lipinski definition) is 3. The largest absolute Gasteiger partial charge is 0.387 e. The van der Waals surface area contributed by atoms with Crippen molar-refractivity contribution in [3.05, 3.63) is 0 Å². The number of aliphatic hydroxyl groups excluding tert-OH is 3. The fraction of sp³-hybridized carbons (Fsp3) is 0.926. The van der Waals surface area contributed by atoms with E-state index >= 15 is 0 Å². The summed E-state index contributed by atoms with van der Waals surface area (Å²) < 4.78 is 0. The van der Waals surface area contributed by atoms with Gasteiger partial charge in [0.2, 0.25) is 0 Å². The van der Waals surface area contributed by atoms with Crippen molar-refractivity contribution in [1.82, 2.24) is 0 Å². The predicted octanol–water partition coefficient (Wildman–Crippen LogP) is 6.05. The summed E-state index contributed by atoms with van der Waals surface area (Å²) in [6.07, 6.45) is 15.5. The fourth-order valence-corrected chi connectivity index (χ4v) is 4.07. The molecule has 0 aromatic carbocycles. The van der Waals surface area contributed by atoms with Gasteiger partial charge in [0.05, 0.1) is 0 Å². The first-order chi connectivity index (χ1) is 15.5. The van der Waals surface area contributed by atoms with Crippen LogP contribution >= 0.6 is 0 Å². The van der Waals surface area contributed by atoms with Crippen molar-refractivity contribution in [2.24, 2.45) is 0 Å². The van der Waals surface area contributed by atoms with E-state index in [1.165, 1.54) is 64.2 Å². The fourth-order valence-electron chi connectivity index (χ4n) is 4.07. The van der Waals surface area contributed by atoms with Crippen LogP contribution in [0.25, 0.3) is 0 Å². The molecule has 0 heterocycles. The molecule has 0 amide bonds. The van der Waals surface area contributed by atoms with Crippen molar-refractivity contribution in [3.63, 3.8) is 0 Å². The van der Waals surface area contributed by atoms with Gasteiger partial charge in [-0.15, -0.1) is 0 Å². The zero-order chi connectivity index (χ0) is 24.0. The Morgan fingerprint density at radius 1 is 0.469 bits per heavy atom. The van der Waals surface area contributed by atoms with Crippen molar-refractivity contribution < 1.29 is 24.9 Å². The lowest BCUT2D eigenvalue weighted by Gasteiger charge is -2.21. The third kappa shape index (κ3) is 16.8. The van der Waals surface area contributed by atoms with E-state index in [1.807, 2.05) is 0 Å². The molecule has 5 nitrogen and oxygen atoms in total. The van der Waals surface area contributed by atoms with Gasteiger partial charge in [0, 0.05) is 12.8 Å². The zero-order valence-electron chi connectivity index (χ0n) is 21.0. The van der Waals surface area contributed by atoms with Gasteiger partial charge in [-0.05, 0) is 12.8 Å². The van der Waals surface area contributed by atoms with E-state index in [4.69, 9.17) is 0 Å². The van der Waals surface area contributed by atoms with Crippen molar-refractivity contribution in [2.75, 3.05) is 0 Å². The van der Waals surface area contributed by atoms with E-state index in [2.05, 4.69) is 13.8 Å². The Kier molecular flexibility index (Phi) is 21.5. The Balaban J connectivity index is 3.85. The first-order valence-electron chi connectivity index (χ1n) is 13.5. The molecule has 0 saturated carbocycles. The second-order valence-electron chi connectivity index (χ2n) is 9.47. The number of aliphatic hydroxyl groups is 3. The van der Waals surface area contributed by atoms with Crippen molar-refractivity contribution in [3.8, 4) is 0 Å². The van der Waals surface area contributed by atoms with Crippen LogP contribution in [-0.2, 0) is 9.59 Å². The van der Waals surface area contributed by atoms with E-state index in [0.29, 0.717) is 12.8 Å². The van der Waals surface area contributed by atoms with Gasteiger partial charge >= 0.3 is 0 Å². The molecule has 0 bridgehead atoms. The summed E-state index contributed by atoms with van der Waals surface area (Å²) in [5.74, 6) is -0.981. The van der Waals surface area contributed by atoms with Gasteiger partial charge in [0.15, 0.2) is 11.6 Å². The molecule has 32 heavy (non-hydrogen) atoms. The molecule has 0 saturated heterocycles. The Hall–Kier alpha value is -0.780. The van der Waals surface area contributed by atoms with Crippen molar-refractivity contribution >= 4 is 11.6 Å². The number of Topliss-reactive ketones (excluding diaryl/α,β-unsaturated/α-hetero) is 2. The molecule has 3 N–H and O–H groups in total. The molecule has 0 rings (SSSR count). The molecule has 0 spiro atoms. The van der Waals surface area contributed by atoms with Crippen LogP contribution in [0.3, 0.4) is 0 Å². The first-order valence-corrected chi connectivity index (χ1v) is 13.5. The van der Waals surface area contributed by atoms with Crippen LogP contribution in [0.4, 0.5) is 0 Å². The van der Waals surface area contributed by atoms with E-state index in [1.54, 1.807) is 0 Å². The number of rotatable bonds is 24. The Morgan fingerprint density at radius 3 is 1.00 bits per heavy atom. The quantitative estimate of drug-likeness (QED) is 0.154. The van der Waals surface area contributed by atoms with E-state index < -0.39 is 29.9 Å². The van der Waals surface area contributed by atoms with Gasteiger partial charge < -0.3 is 15.3 Å². The lowest BCUT2D eigenvalue weighted by Crippen LogP contribution is -2.45. The van der Waals surface area contributed by atoms with Gasteiger partial charge in [0.25, 0.3) is 0 Å². The summed E-state index contributed by atoms with van der Waals surface area (Å²) >= 11 is 0. The SMILES string of the molecule is CCCCCCCCCCCC(=O)C(O)C(O)C(O)C(=O)CCCCCCCCCCC. The maximum atomic E-state index is 12.1. The van der Waals surface area contributed by atoms with Crippen LogP contribution in [0.5, 0.6) is 0 Å². The molecule has 0 aliphatic rings. The maximum absolute atomic E-state index is 12.1. The highest BCUT2D eigenvalue weighted by molar-refractivity contribution is 5.87. The molecular weight excluding hydrogens is 404 g/mol. The molecule has 5 heteroatoms. The van der Waals surface area contributed by atoms with Crippen LogP contribution < -0.4 is 0 Å². The summed E-state index contributed by atoms with van der Waals surface area (Å²) in [6, 6.07) is 0. The molecule has 2 atom stereocenters. The highest BCUT2D eigenvalue weighted by Gasteiger charge is 2.33. The van der Waals surface area contributed by atoms with E-state index in [0.717, 1.165) is 38.5 Å². The summed E-state index contributed by atoms with van der Waals surface area (Å²) in [6.45, 7) is 4.41. The van der Waals surface area contributed by atoms with Gasteiger partial charge in [0.1, 0.15) is 18.3 Å². The summed E-state index contributed by atoms with van der Waals surface area (Å²) in [7, 11) is 0. The third-order valence-corrected chi connectivity index (χ3v) is 6.36. The topological polar surface area (TPSA) is 94.8 Å². The average molecular weight is 457 g/mol. The second kappa shape index (κ2) is 22.0. The molecule has 2 unspecified atom stereocenters. The first kappa shape index (κ1) is 31.2. The Bertz CT molecular complexity index is 411. The molecule has 0 aliphatic carbocycles. The Labute approximate surface area is 197 Å². The second-order valence-corrected chi connectivity index (χ2v) is 9.47. The maximum Gasteiger partial charge on any atom is 0.164 e. The number of carbonyl (C=O) groups excluding carboxylic acids is 2. The standard InChI is InChI=1S/C27H52O5/c1-3-5-7-9-11-13-15-17-19-21-23(28)25(30)27(32)26(31)24(29)22-20-18-16-14-12-10-8-6-4-2/h25-27,30-32H,3-22H2,1-2H3. The van der Waals surface area contributed by atoms with Crippen molar-refractivity contribution in [1.29, 1.82) is 0 Å². The van der Waals surface area contributed by atoms with Crippen LogP contribution in [0.1, 0.15) is 142 Å². The van der Waals surface area contributed by atoms with Crippen LogP contribution in [0.15, 0.2) is 0 Å².